The standard InChI is InChI=1S/C15H24N2/c1-10-5-12(3)14(6-11(10)2)8-17-7-13(4)15(16)9-17/h5-6,13,15H,7-9,16H2,1-4H3. The normalized spacial score (nSPS) is 25.5. The minimum absolute atomic E-state index is 0.349. The van der Waals surface area contributed by atoms with E-state index >= 15 is 0 Å². The van der Waals surface area contributed by atoms with Gasteiger partial charge in [-0.2, -0.15) is 0 Å². The van der Waals surface area contributed by atoms with E-state index in [1.807, 2.05) is 0 Å². The van der Waals surface area contributed by atoms with Gasteiger partial charge < -0.3 is 5.73 Å². The summed E-state index contributed by atoms with van der Waals surface area (Å²) in [5.41, 5.74) is 11.7. The average molecular weight is 232 g/mol. The van der Waals surface area contributed by atoms with Crippen LogP contribution in [0.25, 0.3) is 0 Å². The Labute approximate surface area is 105 Å². The van der Waals surface area contributed by atoms with Crippen molar-refractivity contribution in [1.29, 1.82) is 0 Å². The Bertz CT molecular complexity index is 402. The van der Waals surface area contributed by atoms with Gasteiger partial charge in [0.05, 0.1) is 0 Å². The first kappa shape index (κ1) is 12.6. The molecular formula is C15H24N2. The van der Waals surface area contributed by atoms with Crippen molar-refractivity contribution in [3.8, 4) is 0 Å². The summed E-state index contributed by atoms with van der Waals surface area (Å²) in [6.07, 6.45) is 0. The van der Waals surface area contributed by atoms with Gasteiger partial charge in [-0.05, 0) is 48.9 Å². The largest absolute Gasteiger partial charge is 0.326 e. The molecule has 1 aromatic rings. The van der Waals surface area contributed by atoms with Crippen molar-refractivity contribution in [1.82, 2.24) is 4.90 Å². The summed E-state index contributed by atoms with van der Waals surface area (Å²) in [6.45, 7) is 12.0. The van der Waals surface area contributed by atoms with E-state index < -0.39 is 0 Å². The molecule has 2 atom stereocenters. The molecule has 0 aliphatic carbocycles. The van der Waals surface area contributed by atoms with Gasteiger partial charge in [-0.15, -0.1) is 0 Å². The van der Waals surface area contributed by atoms with E-state index in [-0.39, 0.29) is 0 Å². The Morgan fingerprint density at radius 3 is 2.35 bits per heavy atom. The Hall–Kier alpha value is -0.860. The van der Waals surface area contributed by atoms with Crippen molar-refractivity contribution in [2.45, 2.75) is 40.3 Å². The molecular weight excluding hydrogens is 208 g/mol. The molecule has 0 bridgehead atoms. The van der Waals surface area contributed by atoms with Crippen molar-refractivity contribution in [3.05, 3.63) is 34.4 Å². The van der Waals surface area contributed by atoms with Gasteiger partial charge in [-0.1, -0.05) is 19.1 Å². The van der Waals surface area contributed by atoms with Crippen molar-refractivity contribution < 1.29 is 0 Å². The first-order valence-corrected chi connectivity index (χ1v) is 6.52. The summed E-state index contributed by atoms with van der Waals surface area (Å²) in [5.74, 6) is 0.627. The number of hydrogen-bond donors (Lipinski definition) is 1. The number of hydrogen-bond acceptors (Lipinski definition) is 2. The molecule has 1 aliphatic rings. The Morgan fingerprint density at radius 1 is 1.12 bits per heavy atom. The SMILES string of the molecule is Cc1cc(C)c(CN2CC(C)C(N)C2)cc1C. The van der Waals surface area contributed by atoms with Crippen molar-refractivity contribution in [2.24, 2.45) is 11.7 Å². The smallest absolute Gasteiger partial charge is 0.0237 e. The van der Waals surface area contributed by atoms with E-state index in [4.69, 9.17) is 5.73 Å². The van der Waals surface area contributed by atoms with E-state index in [2.05, 4.69) is 44.7 Å². The van der Waals surface area contributed by atoms with E-state index in [0.717, 1.165) is 19.6 Å². The molecule has 2 unspecified atom stereocenters. The molecule has 1 saturated heterocycles. The molecule has 2 rings (SSSR count). The lowest BCUT2D eigenvalue weighted by Gasteiger charge is -2.18. The fourth-order valence-electron chi connectivity index (χ4n) is 2.66. The van der Waals surface area contributed by atoms with Crippen molar-refractivity contribution in [3.63, 3.8) is 0 Å². The maximum absolute atomic E-state index is 6.07. The van der Waals surface area contributed by atoms with Crippen LogP contribution in [0.4, 0.5) is 0 Å². The van der Waals surface area contributed by atoms with Gasteiger partial charge in [0.1, 0.15) is 0 Å². The van der Waals surface area contributed by atoms with Gasteiger partial charge >= 0.3 is 0 Å². The monoisotopic (exact) mass is 232 g/mol. The van der Waals surface area contributed by atoms with Crippen LogP contribution in [-0.2, 0) is 6.54 Å². The zero-order chi connectivity index (χ0) is 12.6. The number of nitrogens with two attached hydrogens (primary N) is 1. The molecule has 1 fully saturated rings. The summed E-state index contributed by atoms with van der Waals surface area (Å²) in [6, 6.07) is 4.98. The topological polar surface area (TPSA) is 29.3 Å². The van der Waals surface area contributed by atoms with Gasteiger partial charge in [0.2, 0.25) is 0 Å². The second-order valence-corrected chi connectivity index (χ2v) is 5.70. The minimum atomic E-state index is 0.349. The van der Waals surface area contributed by atoms with Gasteiger partial charge in [0, 0.05) is 25.7 Å². The van der Waals surface area contributed by atoms with Crippen LogP contribution in [0.2, 0.25) is 0 Å². The third-order valence-electron chi connectivity index (χ3n) is 4.09. The molecule has 0 amide bonds. The Morgan fingerprint density at radius 2 is 1.76 bits per heavy atom. The summed E-state index contributed by atoms with van der Waals surface area (Å²) in [7, 11) is 0. The fourth-order valence-corrected chi connectivity index (χ4v) is 2.66. The summed E-state index contributed by atoms with van der Waals surface area (Å²) < 4.78 is 0. The number of aryl methyl sites for hydroxylation is 3. The minimum Gasteiger partial charge on any atom is -0.326 e. The highest BCUT2D eigenvalue weighted by Crippen LogP contribution is 2.21. The molecule has 94 valence electrons. The number of benzene rings is 1. The molecule has 1 aliphatic heterocycles. The van der Waals surface area contributed by atoms with Gasteiger partial charge in [-0.3, -0.25) is 4.90 Å². The summed E-state index contributed by atoms with van der Waals surface area (Å²) >= 11 is 0. The predicted molar refractivity (Wildman–Crippen MR) is 73.1 cm³/mol. The number of likely N-dealkylation sites (tertiary alicyclic amines) is 1. The number of rotatable bonds is 2. The van der Waals surface area contributed by atoms with Crippen LogP contribution in [0.15, 0.2) is 12.1 Å². The predicted octanol–water partition coefficient (Wildman–Crippen LogP) is 2.39. The highest BCUT2D eigenvalue weighted by atomic mass is 15.2. The van der Waals surface area contributed by atoms with Crippen LogP contribution in [0.3, 0.4) is 0 Å². The van der Waals surface area contributed by atoms with Crippen LogP contribution in [0.5, 0.6) is 0 Å². The molecule has 0 spiro atoms. The maximum Gasteiger partial charge on any atom is 0.0237 e. The van der Waals surface area contributed by atoms with E-state index in [9.17, 15) is 0 Å². The van der Waals surface area contributed by atoms with Gasteiger partial charge in [-0.25, -0.2) is 0 Å². The molecule has 0 aromatic heterocycles. The van der Waals surface area contributed by atoms with Gasteiger partial charge in [0.15, 0.2) is 0 Å². The first-order chi connectivity index (χ1) is 7.97. The van der Waals surface area contributed by atoms with Crippen LogP contribution in [0.1, 0.15) is 29.2 Å². The van der Waals surface area contributed by atoms with Crippen LogP contribution < -0.4 is 5.73 Å². The van der Waals surface area contributed by atoms with E-state index in [0.29, 0.717) is 12.0 Å². The molecule has 2 N–H and O–H groups in total. The van der Waals surface area contributed by atoms with Crippen molar-refractivity contribution in [2.75, 3.05) is 13.1 Å². The molecule has 2 heteroatoms. The lowest BCUT2D eigenvalue weighted by molar-refractivity contribution is 0.318. The lowest BCUT2D eigenvalue weighted by Crippen LogP contribution is -2.28. The van der Waals surface area contributed by atoms with Crippen LogP contribution >= 0.6 is 0 Å². The Balaban J connectivity index is 2.12. The maximum atomic E-state index is 6.07. The molecule has 0 radical (unpaired) electrons. The third-order valence-corrected chi connectivity index (χ3v) is 4.09. The number of nitrogens with zero attached hydrogens (tertiary/aromatic N) is 1. The molecule has 1 aromatic carbocycles. The summed E-state index contributed by atoms with van der Waals surface area (Å²) in [4.78, 5) is 2.48. The third kappa shape index (κ3) is 2.70. The highest BCUT2D eigenvalue weighted by molar-refractivity contribution is 5.36. The average Bonchev–Trinajstić information content (AvgIpc) is 2.55. The fraction of sp³-hybridized carbons (Fsp3) is 0.600. The second kappa shape index (κ2) is 4.79. The van der Waals surface area contributed by atoms with E-state index in [1.165, 1.54) is 22.3 Å². The molecule has 17 heavy (non-hydrogen) atoms. The first-order valence-electron chi connectivity index (χ1n) is 6.52. The van der Waals surface area contributed by atoms with Gasteiger partial charge in [0.25, 0.3) is 0 Å². The molecule has 0 saturated carbocycles. The second-order valence-electron chi connectivity index (χ2n) is 5.70. The quantitative estimate of drug-likeness (QED) is 0.848. The highest BCUT2D eigenvalue weighted by Gasteiger charge is 2.26. The molecule has 1 heterocycles. The van der Waals surface area contributed by atoms with Crippen molar-refractivity contribution >= 4 is 0 Å². The zero-order valence-corrected chi connectivity index (χ0v) is 11.5. The van der Waals surface area contributed by atoms with E-state index in [1.54, 1.807) is 0 Å². The van der Waals surface area contributed by atoms with Crippen LogP contribution in [-0.4, -0.2) is 24.0 Å². The summed E-state index contributed by atoms with van der Waals surface area (Å²) in [5, 5.41) is 0. The van der Waals surface area contributed by atoms with Crippen LogP contribution in [0, 0.1) is 26.7 Å². The lowest BCUT2D eigenvalue weighted by atomic mass is 10.0. The zero-order valence-electron chi connectivity index (χ0n) is 11.5. The molecule has 2 nitrogen and oxygen atoms in total. The Kier molecular flexibility index (Phi) is 3.55.